The summed E-state index contributed by atoms with van der Waals surface area (Å²) in [5, 5.41) is 26.4. The standard InChI is InChI=1S/C34H55NO7.2C2H6.H2S/c1-19(36)40-29(31(4,5)38)22-9-7-21-28(41-22)27(37)26-20-8-10-23-30(2,3)24(42-25-17-35-15-16-39-25)11-12-34(23)18-33(20,34)14-13-32(21,26)6;2*1-2;/h20-29,35,37-38H,7-18H2,1-6H3;2*1-2H3;1H2/t20?,21?,22?,23?,24-,25?,26?,27-,28?,29-,32?,33-,34+;;;/m0.../s1. The largest absolute Gasteiger partial charge is 0.457 e. The highest BCUT2D eigenvalue weighted by Gasteiger charge is 2.81. The van der Waals surface area contributed by atoms with Gasteiger partial charge in [0.15, 0.2) is 12.4 Å². The summed E-state index contributed by atoms with van der Waals surface area (Å²) in [4.78, 5) is 11.9. The molecule has 8 unspecified atom stereocenters. The Morgan fingerprint density at radius 2 is 1.64 bits per heavy atom. The van der Waals surface area contributed by atoms with E-state index in [4.69, 9.17) is 18.9 Å². The number of fused-ring (bicyclic) bond motifs is 4. The number of aliphatic hydroxyl groups excluding tert-OH is 1. The molecule has 9 heteroatoms. The van der Waals surface area contributed by atoms with E-state index in [0.29, 0.717) is 35.2 Å². The van der Waals surface area contributed by atoms with Crippen molar-refractivity contribution in [2.75, 3.05) is 19.7 Å². The zero-order valence-corrected chi connectivity index (χ0v) is 32.2. The van der Waals surface area contributed by atoms with E-state index in [1.165, 1.54) is 39.0 Å². The second-order valence-electron chi connectivity index (χ2n) is 16.7. The zero-order valence-electron chi connectivity index (χ0n) is 31.2. The summed E-state index contributed by atoms with van der Waals surface area (Å²) < 4.78 is 24.9. The number of rotatable bonds is 5. The van der Waals surface area contributed by atoms with E-state index in [9.17, 15) is 15.0 Å². The van der Waals surface area contributed by atoms with Crippen molar-refractivity contribution >= 4 is 19.5 Å². The van der Waals surface area contributed by atoms with E-state index in [1.54, 1.807) is 13.8 Å². The van der Waals surface area contributed by atoms with Crippen molar-refractivity contribution < 1.29 is 34.0 Å². The molecule has 3 N–H and O–H groups in total. The second-order valence-corrected chi connectivity index (χ2v) is 16.7. The SMILES string of the molecule is CC.CC.CC(=O)O[C@@H](C1CCC2C(O1)[C@@H](O)C1C3CCC4C(C)(C)[C@@H](OC5CNCCO5)CC[C@@]45C[C@@]35CCC21C)C(C)(C)O.S. The molecule has 0 bridgehead atoms. The summed E-state index contributed by atoms with van der Waals surface area (Å²) in [7, 11) is 0. The van der Waals surface area contributed by atoms with Crippen molar-refractivity contribution in [3.63, 3.8) is 0 Å². The van der Waals surface area contributed by atoms with Crippen LogP contribution in [-0.4, -0.2) is 78.3 Å². The molecule has 8 nitrogen and oxygen atoms in total. The van der Waals surface area contributed by atoms with Crippen molar-refractivity contribution in [2.24, 2.45) is 45.3 Å². The maximum atomic E-state index is 12.1. The predicted molar refractivity (Wildman–Crippen MR) is 189 cm³/mol. The summed E-state index contributed by atoms with van der Waals surface area (Å²) in [5.74, 6) is 1.27. The minimum Gasteiger partial charge on any atom is -0.457 e. The third-order valence-electron chi connectivity index (χ3n) is 14.1. The fraction of sp³-hybridized carbons (Fsp3) is 0.974. The highest BCUT2D eigenvalue weighted by Crippen LogP contribution is 2.87. The highest BCUT2D eigenvalue weighted by molar-refractivity contribution is 7.59. The number of aliphatic hydroxyl groups is 2. The van der Waals surface area contributed by atoms with Crippen molar-refractivity contribution in [3.8, 4) is 0 Å². The molecule has 13 atom stereocenters. The van der Waals surface area contributed by atoms with E-state index < -0.39 is 29.9 Å². The van der Waals surface area contributed by atoms with Gasteiger partial charge in [0.25, 0.3) is 0 Å². The van der Waals surface area contributed by atoms with Crippen LogP contribution in [0.5, 0.6) is 0 Å². The maximum absolute atomic E-state index is 12.1. The number of carbonyl (C=O) groups excluding carboxylic acids is 1. The van der Waals surface area contributed by atoms with Crippen LogP contribution >= 0.6 is 13.5 Å². The Labute approximate surface area is 292 Å². The first-order valence-corrected chi connectivity index (χ1v) is 19.0. The number of ether oxygens (including phenoxy) is 4. The molecule has 0 aromatic carbocycles. The Balaban J connectivity index is 0.000000964. The number of carbonyl (C=O) groups is 1. The van der Waals surface area contributed by atoms with Crippen LogP contribution in [0.3, 0.4) is 0 Å². The van der Waals surface area contributed by atoms with Gasteiger partial charge in [0.2, 0.25) is 0 Å². The molecular formula is C38H69NO7S. The van der Waals surface area contributed by atoms with Crippen molar-refractivity contribution in [1.29, 1.82) is 0 Å². The van der Waals surface area contributed by atoms with Gasteiger partial charge in [-0.05, 0) is 117 Å². The number of morpholine rings is 1. The molecule has 2 heterocycles. The Morgan fingerprint density at radius 3 is 2.26 bits per heavy atom. The quantitative estimate of drug-likeness (QED) is 0.288. The monoisotopic (exact) mass is 683 g/mol. The first-order valence-electron chi connectivity index (χ1n) is 19.0. The van der Waals surface area contributed by atoms with Crippen molar-refractivity contribution in [1.82, 2.24) is 5.32 Å². The smallest absolute Gasteiger partial charge is 0.303 e. The molecule has 274 valence electrons. The molecule has 2 spiro atoms. The Morgan fingerprint density at radius 1 is 0.957 bits per heavy atom. The average Bonchev–Trinajstić information content (AvgIpc) is 3.64. The lowest BCUT2D eigenvalue weighted by atomic mass is 9.46. The van der Waals surface area contributed by atoms with Gasteiger partial charge in [0.1, 0.15) is 0 Å². The maximum Gasteiger partial charge on any atom is 0.303 e. The zero-order chi connectivity index (χ0) is 33.9. The minimum atomic E-state index is -1.22. The average molecular weight is 684 g/mol. The van der Waals surface area contributed by atoms with Gasteiger partial charge in [-0.15, -0.1) is 0 Å². The molecule has 7 aliphatic rings. The Hall–Kier alpha value is -0.420. The summed E-state index contributed by atoms with van der Waals surface area (Å²) in [5.41, 5.74) is -0.387. The number of esters is 1. The van der Waals surface area contributed by atoms with E-state index in [-0.39, 0.29) is 48.7 Å². The van der Waals surface area contributed by atoms with Gasteiger partial charge in [-0.1, -0.05) is 48.5 Å². The molecule has 2 aliphatic heterocycles. The lowest BCUT2D eigenvalue weighted by Gasteiger charge is -2.60. The third-order valence-corrected chi connectivity index (χ3v) is 14.1. The van der Waals surface area contributed by atoms with Crippen molar-refractivity contribution in [2.45, 2.75) is 169 Å². The summed E-state index contributed by atoms with van der Waals surface area (Å²) in [6, 6.07) is 0. The molecule has 7 rings (SSSR count). The minimum absolute atomic E-state index is 0. The number of nitrogens with one attached hydrogen (secondary N) is 1. The lowest BCUT2D eigenvalue weighted by Crippen LogP contribution is -2.56. The summed E-state index contributed by atoms with van der Waals surface area (Å²) >= 11 is 0. The van der Waals surface area contributed by atoms with Gasteiger partial charge in [0, 0.05) is 20.0 Å². The van der Waals surface area contributed by atoms with Crippen LogP contribution in [0, 0.1) is 45.3 Å². The molecule has 7 fully saturated rings. The van der Waals surface area contributed by atoms with E-state index in [0.717, 1.165) is 38.8 Å². The van der Waals surface area contributed by atoms with E-state index in [2.05, 4.69) is 26.1 Å². The van der Waals surface area contributed by atoms with Gasteiger partial charge in [0.05, 0.1) is 36.6 Å². The third kappa shape index (κ3) is 6.26. The number of hydrogen-bond acceptors (Lipinski definition) is 8. The molecule has 0 aromatic heterocycles. The molecule has 5 saturated carbocycles. The van der Waals surface area contributed by atoms with E-state index >= 15 is 0 Å². The first kappa shape index (κ1) is 39.4. The van der Waals surface area contributed by atoms with Gasteiger partial charge >= 0.3 is 5.97 Å². The van der Waals surface area contributed by atoms with Crippen LogP contribution in [-0.2, 0) is 23.7 Å². The molecule has 5 aliphatic carbocycles. The fourth-order valence-electron chi connectivity index (χ4n) is 12.4. The van der Waals surface area contributed by atoms with Gasteiger partial charge < -0.3 is 34.5 Å². The summed E-state index contributed by atoms with van der Waals surface area (Å²) in [6.45, 7) is 22.5. The van der Waals surface area contributed by atoms with Crippen LogP contribution < -0.4 is 5.32 Å². The molecule has 0 radical (unpaired) electrons. The van der Waals surface area contributed by atoms with Crippen LogP contribution in [0.1, 0.15) is 127 Å². The molecular weight excluding hydrogens is 614 g/mol. The van der Waals surface area contributed by atoms with Crippen molar-refractivity contribution in [3.05, 3.63) is 0 Å². The van der Waals surface area contributed by atoms with Crippen LogP contribution in [0.4, 0.5) is 0 Å². The molecule has 0 aromatic rings. The lowest BCUT2D eigenvalue weighted by molar-refractivity contribution is -0.232. The van der Waals surface area contributed by atoms with Crippen LogP contribution in [0.2, 0.25) is 0 Å². The highest BCUT2D eigenvalue weighted by atomic mass is 32.1. The normalized spacial score (nSPS) is 46.4. The van der Waals surface area contributed by atoms with Gasteiger partial charge in [-0.25, -0.2) is 0 Å². The molecule has 0 amide bonds. The second kappa shape index (κ2) is 14.3. The topological polar surface area (TPSA) is 106 Å². The Kier molecular flexibility index (Phi) is 12.0. The number of hydrogen-bond donors (Lipinski definition) is 3. The molecule has 2 saturated heterocycles. The van der Waals surface area contributed by atoms with Crippen LogP contribution in [0.15, 0.2) is 0 Å². The Bertz CT molecular complexity index is 1080. The van der Waals surface area contributed by atoms with E-state index in [1.807, 2.05) is 27.7 Å². The van der Waals surface area contributed by atoms with Gasteiger partial charge in [-0.2, -0.15) is 13.5 Å². The molecule has 47 heavy (non-hydrogen) atoms. The summed E-state index contributed by atoms with van der Waals surface area (Å²) in [6.07, 6.45) is 8.18. The first-order chi connectivity index (χ1) is 21.7. The predicted octanol–water partition coefficient (Wildman–Crippen LogP) is 6.36. The fourth-order valence-corrected chi connectivity index (χ4v) is 12.4. The van der Waals surface area contributed by atoms with Crippen LogP contribution in [0.25, 0.3) is 0 Å². The van der Waals surface area contributed by atoms with Gasteiger partial charge in [-0.3, -0.25) is 4.79 Å².